The summed E-state index contributed by atoms with van der Waals surface area (Å²) < 4.78 is 0. The molecule has 4 rings (SSSR count). The minimum Gasteiger partial charge on any atom is -0.382 e. The molecule has 2 aliphatic heterocycles. The molecule has 2 N–H and O–H groups in total. The quantitative estimate of drug-likeness (QED) is 0.481. The second-order valence-corrected chi connectivity index (χ2v) is 11.0. The Kier molecular flexibility index (Phi) is 9.97. The standard InChI is InChI=1S/C32H44N2O4/c35-29(33-23-11-1-2-12-24-33)19-21-31(37,27-15-7-5-8-16-27)32(38,28-17-9-6-10-18-28)22-20-30(36)34-25-13-3-4-14-26-34/h5-10,15-18,37-38H,1-4,11-14,19-26H2/t31-,32-/m1/s1. The summed E-state index contributed by atoms with van der Waals surface area (Å²) in [6.45, 7) is 2.98. The smallest absolute Gasteiger partial charge is 0.222 e. The molecule has 2 aromatic carbocycles. The first kappa shape index (κ1) is 28.3. The topological polar surface area (TPSA) is 81.1 Å². The number of hydrogen-bond acceptors (Lipinski definition) is 4. The molecule has 2 amide bonds. The average molecular weight is 521 g/mol. The van der Waals surface area contributed by atoms with Gasteiger partial charge in [-0.05, 0) is 49.7 Å². The normalized spacial score (nSPS) is 20.1. The van der Waals surface area contributed by atoms with Gasteiger partial charge in [0.25, 0.3) is 0 Å². The van der Waals surface area contributed by atoms with Gasteiger partial charge in [0, 0.05) is 39.0 Å². The predicted molar refractivity (Wildman–Crippen MR) is 149 cm³/mol. The summed E-state index contributed by atoms with van der Waals surface area (Å²) in [7, 11) is 0. The molecule has 0 saturated carbocycles. The van der Waals surface area contributed by atoms with Gasteiger partial charge in [-0.3, -0.25) is 9.59 Å². The molecule has 0 radical (unpaired) electrons. The third-order valence-electron chi connectivity index (χ3n) is 8.51. The van der Waals surface area contributed by atoms with Crippen LogP contribution in [0.2, 0.25) is 0 Å². The lowest BCUT2D eigenvalue weighted by Crippen LogP contribution is -2.51. The zero-order chi connectivity index (χ0) is 26.8. The van der Waals surface area contributed by atoms with Gasteiger partial charge in [0.1, 0.15) is 11.2 Å². The number of nitrogens with zero attached hydrogens (tertiary/aromatic N) is 2. The molecule has 2 fully saturated rings. The molecule has 2 aromatic rings. The fourth-order valence-corrected chi connectivity index (χ4v) is 6.14. The highest BCUT2D eigenvalue weighted by Crippen LogP contribution is 2.47. The summed E-state index contributed by atoms with van der Waals surface area (Å²) in [5, 5.41) is 25.0. The number of aliphatic hydroxyl groups is 2. The summed E-state index contributed by atoms with van der Waals surface area (Å²) in [4.78, 5) is 30.4. The molecule has 2 saturated heterocycles. The van der Waals surface area contributed by atoms with Crippen molar-refractivity contribution < 1.29 is 19.8 Å². The van der Waals surface area contributed by atoms with Crippen LogP contribution in [0.5, 0.6) is 0 Å². The number of likely N-dealkylation sites (tertiary alicyclic amines) is 2. The van der Waals surface area contributed by atoms with Gasteiger partial charge >= 0.3 is 0 Å². The van der Waals surface area contributed by atoms with Crippen LogP contribution in [0, 0.1) is 0 Å². The van der Waals surface area contributed by atoms with Gasteiger partial charge in [0.15, 0.2) is 0 Å². The number of carbonyl (C=O) groups is 2. The van der Waals surface area contributed by atoms with E-state index in [1.165, 1.54) is 0 Å². The van der Waals surface area contributed by atoms with Crippen LogP contribution in [0.1, 0.15) is 88.2 Å². The van der Waals surface area contributed by atoms with Crippen molar-refractivity contribution in [1.82, 2.24) is 9.80 Å². The van der Waals surface area contributed by atoms with Crippen LogP contribution in [0.25, 0.3) is 0 Å². The molecule has 6 nitrogen and oxygen atoms in total. The van der Waals surface area contributed by atoms with Crippen molar-refractivity contribution >= 4 is 11.8 Å². The highest BCUT2D eigenvalue weighted by atomic mass is 16.4. The number of carbonyl (C=O) groups excluding carboxylic acids is 2. The second kappa shape index (κ2) is 13.4. The van der Waals surface area contributed by atoms with Crippen LogP contribution in [-0.4, -0.2) is 58.0 Å². The second-order valence-electron chi connectivity index (χ2n) is 11.0. The van der Waals surface area contributed by atoms with Crippen molar-refractivity contribution in [2.24, 2.45) is 0 Å². The van der Waals surface area contributed by atoms with Crippen molar-refractivity contribution in [3.05, 3.63) is 71.8 Å². The van der Waals surface area contributed by atoms with Gasteiger partial charge in [0.2, 0.25) is 11.8 Å². The Morgan fingerprint density at radius 3 is 1.18 bits per heavy atom. The zero-order valence-corrected chi connectivity index (χ0v) is 22.7. The molecule has 38 heavy (non-hydrogen) atoms. The fourth-order valence-electron chi connectivity index (χ4n) is 6.14. The van der Waals surface area contributed by atoms with Crippen LogP contribution >= 0.6 is 0 Å². The van der Waals surface area contributed by atoms with E-state index in [-0.39, 0.29) is 37.5 Å². The highest BCUT2D eigenvalue weighted by Gasteiger charge is 2.51. The Morgan fingerprint density at radius 2 is 0.868 bits per heavy atom. The Labute approximate surface area is 227 Å². The van der Waals surface area contributed by atoms with Crippen LogP contribution in [-0.2, 0) is 20.8 Å². The first-order chi connectivity index (χ1) is 18.4. The summed E-state index contributed by atoms with van der Waals surface area (Å²) >= 11 is 0. The maximum absolute atomic E-state index is 13.3. The maximum atomic E-state index is 13.3. The van der Waals surface area contributed by atoms with E-state index in [9.17, 15) is 19.8 Å². The molecule has 0 spiro atoms. The summed E-state index contributed by atoms with van der Waals surface area (Å²) in [6.07, 6.45) is 8.93. The van der Waals surface area contributed by atoms with Gasteiger partial charge in [0.05, 0.1) is 0 Å². The van der Waals surface area contributed by atoms with Gasteiger partial charge < -0.3 is 20.0 Å². The highest BCUT2D eigenvalue weighted by molar-refractivity contribution is 5.77. The lowest BCUT2D eigenvalue weighted by Gasteiger charge is -2.45. The molecular formula is C32H44N2O4. The molecular weight excluding hydrogens is 476 g/mol. The number of rotatable bonds is 9. The molecule has 0 aliphatic carbocycles. The zero-order valence-electron chi connectivity index (χ0n) is 22.7. The third kappa shape index (κ3) is 6.65. The van der Waals surface area contributed by atoms with Crippen LogP contribution in [0.15, 0.2) is 60.7 Å². The van der Waals surface area contributed by atoms with Crippen molar-refractivity contribution in [2.75, 3.05) is 26.2 Å². The Morgan fingerprint density at radius 1 is 0.553 bits per heavy atom. The minimum atomic E-state index is -1.75. The average Bonchev–Trinajstić information content (AvgIpc) is 3.41. The Bertz CT molecular complexity index is 931. The molecule has 2 aliphatic rings. The van der Waals surface area contributed by atoms with Crippen molar-refractivity contribution in [2.45, 2.75) is 88.3 Å². The molecule has 2 atom stereocenters. The summed E-state index contributed by atoms with van der Waals surface area (Å²) in [5.74, 6) is 0.0228. The third-order valence-corrected chi connectivity index (χ3v) is 8.51. The Balaban J connectivity index is 1.63. The summed E-state index contributed by atoms with van der Waals surface area (Å²) in [5.41, 5.74) is -2.40. The van der Waals surface area contributed by atoms with Gasteiger partial charge in [-0.15, -0.1) is 0 Å². The van der Waals surface area contributed by atoms with Gasteiger partial charge in [-0.25, -0.2) is 0 Å². The lowest BCUT2D eigenvalue weighted by atomic mass is 9.68. The van der Waals surface area contributed by atoms with Crippen molar-refractivity contribution in [3.63, 3.8) is 0 Å². The van der Waals surface area contributed by atoms with E-state index in [4.69, 9.17) is 0 Å². The van der Waals surface area contributed by atoms with Crippen LogP contribution in [0.3, 0.4) is 0 Å². The minimum absolute atomic E-state index is 0.0114. The molecule has 206 valence electrons. The van der Waals surface area contributed by atoms with Crippen LogP contribution < -0.4 is 0 Å². The molecule has 0 aromatic heterocycles. The largest absolute Gasteiger partial charge is 0.382 e. The molecule has 0 bridgehead atoms. The molecule has 2 heterocycles. The Hall–Kier alpha value is -2.70. The first-order valence-electron chi connectivity index (χ1n) is 14.6. The van der Waals surface area contributed by atoms with E-state index in [1.54, 1.807) is 24.3 Å². The maximum Gasteiger partial charge on any atom is 0.222 e. The van der Waals surface area contributed by atoms with Crippen molar-refractivity contribution in [1.29, 1.82) is 0 Å². The molecule has 0 unspecified atom stereocenters. The SMILES string of the molecule is O=C(CC[C@@](O)(c1ccccc1)[C@@](O)(CCC(=O)N1CCCCCC1)c1ccccc1)N1CCCCCC1. The van der Waals surface area contributed by atoms with E-state index in [2.05, 4.69) is 0 Å². The number of benzene rings is 2. The number of hydrogen-bond donors (Lipinski definition) is 2. The van der Waals surface area contributed by atoms with Gasteiger partial charge in [-0.2, -0.15) is 0 Å². The van der Waals surface area contributed by atoms with E-state index >= 15 is 0 Å². The first-order valence-corrected chi connectivity index (χ1v) is 14.6. The van der Waals surface area contributed by atoms with Gasteiger partial charge in [-0.1, -0.05) is 86.3 Å². The lowest BCUT2D eigenvalue weighted by molar-refractivity contribution is -0.179. The fraction of sp³-hybridized carbons (Fsp3) is 0.562. The van der Waals surface area contributed by atoms with E-state index in [0.717, 1.165) is 77.5 Å². The molecule has 6 heteroatoms. The van der Waals surface area contributed by atoms with Crippen molar-refractivity contribution in [3.8, 4) is 0 Å². The monoisotopic (exact) mass is 520 g/mol. The predicted octanol–water partition coefficient (Wildman–Crippen LogP) is 5.13. The van der Waals surface area contributed by atoms with E-state index in [0.29, 0.717) is 11.1 Å². The number of amides is 2. The van der Waals surface area contributed by atoms with E-state index in [1.807, 2.05) is 46.2 Å². The van der Waals surface area contributed by atoms with Crippen LogP contribution in [0.4, 0.5) is 0 Å². The van der Waals surface area contributed by atoms with E-state index < -0.39 is 11.2 Å². The summed E-state index contributed by atoms with van der Waals surface area (Å²) in [6, 6.07) is 18.3.